The molecule has 4 aromatic rings. The molecule has 10 heteroatoms. The number of halogens is 3. The zero-order valence-corrected chi connectivity index (χ0v) is 23.4. The van der Waals surface area contributed by atoms with Gasteiger partial charge in [-0.25, -0.2) is 13.4 Å². The van der Waals surface area contributed by atoms with Crippen LogP contribution in [0, 0.1) is 0 Å². The minimum Gasteiger partial charge on any atom is -0.440 e. The number of nitrogens with one attached hydrogen (secondary N) is 1. The van der Waals surface area contributed by atoms with E-state index in [1.54, 1.807) is 61.7 Å². The molecule has 0 spiro atoms. The second kappa shape index (κ2) is 10.7. The molecule has 1 aliphatic carbocycles. The Balaban J connectivity index is 1.31. The summed E-state index contributed by atoms with van der Waals surface area (Å²) in [7, 11) is -2.56. The molecule has 0 saturated heterocycles. The van der Waals surface area contributed by atoms with Gasteiger partial charge in [0.1, 0.15) is 10.7 Å². The minimum atomic E-state index is -2.56. The van der Waals surface area contributed by atoms with E-state index in [4.69, 9.17) is 39.2 Å². The number of amides is 1. The zero-order chi connectivity index (χ0) is 27.0. The van der Waals surface area contributed by atoms with E-state index in [9.17, 15) is 13.2 Å². The van der Waals surface area contributed by atoms with Crippen molar-refractivity contribution in [1.29, 1.82) is 0 Å². The molecule has 1 N–H and O–H groups in total. The molecule has 3 aromatic carbocycles. The lowest BCUT2D eigenvalue weighted by atomic mass is 9.95. The smallest absolute Gasteiger partial charge is 0.228 e. The highest BCUT2D eigenvalue weighted by molar-refractivity contribution is 7.72. The van der Waals surface area contributed by atoms with Gasteiger partial charge in [-0.2, -0.15) is 0 Å². The number of rotatable bonds is 8. The van der Waals surface area contributed by atoms with Gasteiger partial charge < -0.3 is 9.73 Å². The van der Waals surface area contributed by atoms with Gasteiger partial charge in [-0.3, -0.25) is 4.79 Å². The van der Waals surface area contributed by atoms with Crippen LogP contribution in [0.25, 0.3) is 11.3 Å². The van der Waals surface area contributed by atoms with Crippen LogP contribution in [-0.4, -0.2) is 19.3 Å². The lowest BCUT2D eigenvalue weighted by molar-refractivity contribution is -0.115. The standard InChI is InChI=1S/C28H23Cl3N2O4S/c1-16(38(35)36)18-4-2-17(3-5-18)12-25(34)33-21-13-22(30)26(23(31)14-21)28(10-11-28)27-32-15-24(37-27)19-6-8-20(29)9-7-19/h2-9,13-16,38H,10-12H2,1H3,(H,33,34). The summed E-state index contributed by atoms with van der Waals surface area (Å²) in [5.74, 6) is 0.924. The number of nitrogens with zero attached hydrogens (tertiary/aromatic N) is 1. The van der Waals surface area contributed by atoms with E-state index in [0.29, 0.717) is 38.0 Å². The molecule has 1 heterocycles. The number of carbonyl (C=O) groups excluding carboxylic acids is 1. The third-order valence-corrected chi connectivity index (χ3v) is 8.52. The molecule has 1 fully saturated rings. The Morgan fingerprint density at radius 3 is 2.24 bits per heavy atom. The summed E-state index contributed by atoms with van der Waals surface area (Å²) in [5, 5.41) is 3.74. The summed E-state index contributed by atoms with van der Waals surface area (Å²) < 4.78 is 28.5. The van der Waals surface area contributed by atoms with Crippen molar-refractivity contribution in [2.45, 2.75) is 36.9 Å². The molecule has 38 heavy (non-hydrogen) atoms. The monoisotopic (exact) mass is 588 g/mol. The number of carbonyl (C=O) groups is 1. The summed E-state index contributed by atoms with van der Waals surface area (Å²) >= 11 is 19.4. The molecule has 1 aromatic heterocycles. The Morgan fingerprint density at radius 1 is 1.03 bits per heavy atom. The van der Waals surface area contributed by atoms with Crippen molar-refractivity contribution in [3.05, 3.63) is 105 Å². The maximum Gasteiger partial charge on any atom is 0.228 e. The van der Waals surface area contributed by atoms with Gasteiger partial charge in [0, 0.05) is 31.9 Å². The Hall–Kier alpha value is -2.84. The van der Waals surface area contributed by atoms with Gasteiger partial charge in [-0.15, -0.1) is 0 Å². The van der Waals surface area contributed by atoms with Crippen molar-refractivity contribution < 1.29 is 17.6 Å². The van der Waals surface area contributed by atoms with Crippen LogP contribution in [0.5, 0.6) is 0 Å². The highest BCUT2D eigenvalue weighted by Crippen LogP contribution is 2.57. The Kier molecular flexibility index (Phi) is 7.56. The quantitative estimate of drug-likeness (QED) is 0.212. The van der Waals surface area contributed by atoms with Crippen LogP contribution in [0.3, 0.4) is 0 Å². The van der Waals surface area contributed by atoms with E-state index in [1.807, 2.05) is 12.1 Å². The fourth-order valence-corrected chi connectivity index (χ4v) is 5.86. The summed E-state index contributed by atoms with van der Waals surface area (Å²) in [6.45, 7) is 1.62. The average Bonchev–Trinajstić information content (AvgIpc) is 3.50. The van der Waals surface area contributed by atoms with Crippen molar-refractivity contribution in [2.75, 3.05) is 5.32 Å². The minimum absolute atomic E-state index is 0.114. The number of thiol groups is 1. The molecule has 6 nitrogen and oxygen atoms in total. The van der Waals surface area contributed by atoms with Gasteiger partial charge in [0.15, 0.2) is 5.76 Å². The molecule has 1 aliphatic rings. The summed E-state index contributed by atoms with van der Waals surface area (Å²) in [6.07, 6.45) is 3.37. The van der Waals surface area contributed by atoms with Crippen LogP contribution in [0.4, 0.5) is 5.69 Å². The molecule has 1 unspecified atom stereocenters. The molecule has 196 valence electrons. The molecule has 1 atom stereocenters. The second-order valence-electron chi connectivity index (χ2n) is 9.36. The molecule has 0 radical (unpaired) electrons. The number of aromatic nitrogens is 1. The van der Waals surface area contributed by atoms with E-state index in [-0.39, 0.29) is 12.3 Å². The fraction of sp³-hybridized carbons (Fsp3) is 0.214. The number of anilines is 1. The molecule has 0 bridgehead atoms. The predicted molar refractivity (Wildman–Crippen MR) is 151 cm³/mol. The largest absolute Gasteiger partial charge is 0.440 e. The van der Waals surface area contributed by atoms with Crippen molar-refractivity contribution in [3.8, 4) is 11.3 Å². The second-order valence-corrected chi connectivity index (χ2v) is 12.0. The van der Waals surface area contributed by atoms with Crippen LogP contribution in [0.2, 0.25) is 15.1 Å². The highest BCUT2D eigenvalue weighted by Gasteiger charge is 2.52. The summed E-state index contributed by atoms with van der Waals surface area (Å²) in [6, 6.07) is 17.6. The first kappa shape index (κ1) is 26.8. The van der Waals surface area contributed by atoms with Gasteiger partial charge in [0.2, 0.25) is 11.8 Å². The van der Waals surface area contributed by atoms with Crippen LogP contribution in [-0.2, 0) is 27.3 Å². The lowest BCUT2D eigenvalue weighted by Gasteiger charge is -2.17. The highest BCUT2D eigenvalue weighted by atomic mass is 35.5. The first-order valence-corrected chi connectivity index (χ1v) is 14.3. The van der Waals surface area contributed by atoms with Crippen LogP contribution < -0.4 is 5.32 Å². The predicted octanol–water partition coefficient (Wildman–Crippen LogP) is 7.24. The molecule has 1 saturated carbocycles. The van der Waals surface area contributed by atoms with Gasteiger partial charge >= 0.3 is 0 Å². The SMILES string of the molecule is CC(c1ccc(CC(=O)Nc2cc(Cl)c(C3(c4ncc(-c5ccc(Cl)cc5)o4)CC3)c(Cl)c2)cc1)[SH](=O)=O. The number of hydrogen-bond acceptors (Lipinski definition) is 5. The average molecular weight is 590 g/mol. The van der Waals surface area contributed by atoms with E-state index in [1.165, 1.54) is 0 Å². The van der Waals surface area contributed by atoms with Gasteiger partial charge in [0.25, 0.3) is 0 Å². The molecular weight excluding hydrogens is 567 g/mol. The van der Waals surface area contributed by atoms with Crippen molar-refractivity contribution in [3.63, 3.8) is 0 Å². The maximum absolute atomic E-state index is 12.7. The first-order chi connectivity index (χ1) is 18.2. The summed E-state index contributed by atoms with van der Waals surface area (Å²) in [4.78, 5) is 17.2. The maximum atomic E-state index is 12.7. The molecule has 1 amide bonds. The van der Waals surface area contributed by atoms with Crippen molar-refractivity contribution >= 4 is 57.1 Å². The van der Waals surface area contributed by atoms with E-state index < -0.39 is 21.4 Å². The Bertz CT molecular complexity index is 1550. The number of benzene rings is 3. The van der Waals surface area contributed by atoms with Crippen molar-refractivity contribution in [2.24, 2.45) is 0 Å². The lowest BCUT2D eigenvalue weighted by Crippen LogP contribution is -2.16. The third-order valence-electron chi connectivity index (χ3n) is 6.74. The molecular formula is C28H23Cl3N2O4S. The summed E-state index contributed by atoms with van der Waals surface area (Å²) in [5.41, 5.74) is 2.99. The number of oxazole rings is 1. The zero-order valence-electron chi connectivity index (χ0n) is 20.2. The normalized spacial score (nSPS) is 14.9. The van der Waals surface area contributed by atoms with Gasteiger partial charge in [-0.1, -0.05) is 59.1 Å². The van der Waals surface area contributed by atoms with Crippen molar-refractivity contribution in [1.82, 2.24) is 4.98 Å². The van der Waals surface area contributed by atoms with E-state index in [2.05, 4.69) is 10.3 Å². The Labute approximate surface area is 236 Å². The molecule has 0 aliphatic heterocycles. The first-order valence-electron chi connectivity index (χ1n) is 11.9. The van der Waals surface area contributed by atoms with Gasteiger partial charge in [-0.05, 0) is 67.3 Å². The fourth-order valence-electron chi connectivity index (χ4n) is 4.47. The topological polar surface area (TPSA) is 89.3 Å². The van der Waals surface area contributed by atoms with Crippen LogP contribution in [0.1, 0.15) is 47.6 Å². The molecule has 5 rings (SSSR count). The van der Waals surface area contributed by atoms with E-state index in [0.717, 1.165) is 29.5 Å². The van der Waals surface area contributed by atoms with Crippen LogP contribution in [0.15, 0.2) is 71.3 Å². The number of hydrogen-bond donors (Lipinski definition) is 2. The van der Waals surface area contributed by atoms with E-state index >= 15 is 0 Å². The third kappa shape index (κ3) is 5.47. The van der Waals surface area contributed by atoms with Crippen LogP contribution >= 0.6 is 34.8 Å². The van der Waals surface area contributed by atoms with Gasteiger partial charge in [0.05, 0.1) is 23.3 Å². The Morgan fingerprint density at radius 2 is 1.66 bits per heavy atom.